The molecule has 33 heavy (non-hydrogen) atoms. The molecule has 3 aliphatic rings. The van der Waals surface area contributed by atoms with Crippen molar-refractivity contribution in [2.75, 3.05) is 11.9 Å². The second-order valence-electron chi connectivity index (χ2n) is 8.20. The molecule has 0 bridgehead atoms. The van der Waals surface area contributed by atoms with Gasteiger partial charge in [0.15, 0.2) is 11.5 Å². The molecule has 5 rings (SSSR count). The summed E-state index contributed by atoms with van der Waals surface area (Å²) >= 11 is 0. The van der Waals surface area contributed by atoms with Crippen LogP contribution in [0.15, 0.2) is 78.2 Å². The van der Waals surface area contributed by atoms with E-state index in [0.717, 1.165) is 47.3 Å². The molecule has 0 saturated heterocycles. The smallest absolute Gasteiger partial charge is 0.416 e. The second kappa shape index (κ2) is 8.44. The Morgan fingerprint density at radius 1 is 1.21 bits per heavy atom. The van der Waals surface area contributed by atoms with Crippen LogP contribution < -0.4 is 10.2 Å². The molecule has 0 spiro atoms. The average Bonchev–Trinajstić information content (AvgIpc) is 2.80. The number of rotatable bonds is 4. The van der Waals surface area contributed by atoms with Gasteiger partial charge >= 0.3 is 6.18 Å². The molecule has 0 radical (unpaired) electrons. The third-order valence-electron chi connectivity index (χ3n) is 5.96. The minimum atomic E-state index is -4.52. The van der Waals surface area contributed by atoms with Gasteiger partial charge in [0.05, 0.1) is 12.1 Å². The van der Waals surface area contributed by atoms with Crippen LogP contribution in [0.25, 0.3) is 0 Å². The number of phenols is 1. The first-order valence-electron chi connectivity index (χ1n) is 10.7. The monoisotopic (exact) mass is 453 g/mol. The fraction of sp³-hybridized carbons (Fsp3) is 0.240. The Morgan fingerprint density at radius 2 is 2.09 bits per heavy atom. The number of benzene rings is 1. The fourth-order valence-corrected chi connectivity index (χ4v) is 4.22. The number of pyridine rings is 1. The van der Waals surface area contributed by atoms with Crippen LogP contribution in [0, 0.1) is 5.92 Å². The molecule has 8 heteroatoms. The van der Waals surface area contributed by atoms with E-state index in [1.807, 2.05) is 6.07 Å². The van der Waals surface area contributed by atoms with Crippen molar-refractivity contribution in [3.8, 4) is 11.5 Å². The third-order valence-corrected chi connectivity index (χ3v) is 5.96. The Balaban J connectivity index is 1.32. The second-order valence-corrected chi connectivity index (χ2v) is 8.20. The molecule has 2 heterocycles. The number of alkyl halides is 3. The highest BCUT2D eigenvalue weighted by Gasteiger charge is 2.32. The Hall–Kier alpha value is -3.52. The molecule has 0 fully saturated rings. The standard InChI is InChI=1S/C25H22F3N3O2/c26-25(27,28)19-6-8-22(32)23(14-19)33-31-12-10-21-18(15-31)9-11-29-24(21)30-20-7-5-16-3-1-2-4-17(16)13-20/h1-2,4-9,11,13-14,16,32H,3,10,12,15H2,(H,29,30). The molecule has 0 amide bonds. The largest absolute Gasteiger partial charge is 0.504 e. The number of aromatic hydroxyl groups is 1. The maximum Gasteiger partial charge on any atom is 0.416 e. The number of hydrogen-bond donors (Lipinski definition) is 2. The van der Waals surface area contributed by atoms with Gasteiger partial charge in [0.2, 0.25) is 0 Å². The van der Waals surface area contributed by atoms with Crippen LogP contribution in [-0.4, -0.2) is 21.7 Å². The summed E-state index contributed by atoms with van der Waals surface area (Å²) in [5.41, 5.74) is 3.35. The molecule has 0 saturated carbocycles. The number of phenolic OH excluding ortho intramolecular Hbond substituents is 1. The fourth-order valence-electron chi connectivity index (χ4n) is 4.22. The Labute approximate surface area is 189 Å². The van der Waals surface area contributed by atoms with Gasteiger partial charge in [-0.1, -0.05) is 24.3 Å². The summed E-state index contributed by atoms with van der Waals surface area (Å²) < 4.78 is 39.1. The maximum absolute atomic E-state index is 13.0. The molecule has 2 aromatic rings. The molecule has 2 N–H and O–H groups in total. The summed E-state index contributed by atoms with van der Waals surface area (Å²) in [5.74, 6) is 0.612. The zero-order valence-electron chi connectivity index (χ0n) is 17.6. The molecule has 170 valence electrons. The average molecular weight is 453 g/mol. The third kappa shape index (κ3) is 4.52. The lowest BCUT2D eigenvalue weighted by Crippen LogP contribution is -2.34. The zero-order valence-corrected chi connectivity index (χ0v) is 17.6. The van der Waals surface area contributed by atoms with Crippen LogP contribution >= 0.6 is 0 Å². The number of anilines is 1. The van der Waals surface area contributed by atoms with Gasteiger partial charge in [0.1, 0.15) is 5.82 Å². The Morgan fingerprint density at radius 3 is 2.94 bits per heavy atom. The molecule has 5 nitrogen and oxygen atoms in total. The predicted molar refractivity (Wildman–Crippen MR) is 118 cm³/mol. The SMILES string of the molecule is Oc1ccc(C(F)(F)F)cc1ON1CCc2c(ccnc2NC2=CC3=CC=CCC3C=C2)C1. The summed E-state index contributed by atoms with van der Waals surface area (Å²) in [7, 11) is 0. The Kier molecular flexibility index (Phi) is 5.46. The highest BCUT2D eigenvalue weighted by Crippen LogP contribution is 2.37. The molecule has 1 aliphatic heterocycles. The van der Waals surface area contributed by atoms with Crippen molar-refractivity contribution < 1.29 is 23.1 Å². The summed E-state index contributed by atoms with van der Waals surface area (Å²) in [4.78, 5) is 10.1. The van der Waals surface area contributed by atoms with Crippen molar-refractivity contribution >= 4 is 5.82 Å². The van der Waals surface area contributed by atoms with Crippen molar-refractivity contribution in [1.29, 1.82) is 0 Å². The molecular weight excluding hydrogens is 431 g/mol. The van der Waals surface area contributed by atoms with E-state index in [0.29, 0.717) is 25.4 Å². The van der Waals surface area contributed by atoms with E-state index >= 15 is 0 Å². The Bertz CT molecular complexity index is 1200. The number of nitrogens with zero attached hydrogens (tertiary/aromatic N) is 2. The summed E-state index contributed by atoms with van der Waals surface area (Å²) in [6.45, 7) is 0.797. The van der Waals surface area contributed by atoms with Gasteiger partial charge in [-0.15, -0.1) is 5.06 Å². The number of allylic oxidation sites excluding steroid dienone is 7. The normalized spacial score (nSPS) is 19.9. The first kappa shape index (κ1) is 21.3. The first-order valence-corrected chi connectivity index (χ1v) is 10.7. The highest BCUT2D eigenvalue weighted by atomic mass is 19.4. The lowest BCUT2D eigenvalue weighted by molar-refractivity contribution is -0.138. The molecule has 1 unspecified atom stereocenters. The molecule has 1 atom stereocenters. The van der Waals surface area contributed by atoms with Crippen LogP contribution in [-0.2, 0) is 19.1 Å². The van der Waals surface area contributed by atoms with Crippen LogP contribution in [0.4, 0.5) is 19.0 Å². The number of fused-ring (bicyclic) bond motifs is 2. The van der Waals surface area contributed by atoms with Gasteiger partial charge in [-0.25, -0.2) is 4.98 Å². The van der Waals surface area contributed by atoms with Gasteiger partial charge < -0.3 is 15.3 Å². The lowest BCUT2D eigenvalue weighted by Gasteiger charge is -2.30. The lowest BCUT2D eigenvalue weighted by atomic mass is 9.87. The number of hydroxylamine groups is 2. The number of aromatic nitrogens is 1. The molecule has 2 aliphatic carbocycles. The van der Waals surface area contributed by atoms with E-state index in [1.54, 1.807) is 11.3 Å². The van der Waals surface area contributed by atoms with Crippen molar-refractivity contribution in [1.82, 2.24) is 10.0 Å². The van der Waals surface area contributed by atoms with E-state index in [-0.39, 0.29) is 11.5 Å². The minimum absolute atomic E-state index is 0.220. The van der Waals surface area contributed by atoms with Crippen LogP contribution in [0.3, 0.4) is 0 Å². The quantitative estimate of drug-likeness (QED) is 0.638. The minimum Gasteiger partial charge on any atom is -0.504 e. The molecule has 1 aromatic carbocycles. The van der Waals surface area contributed by atoms with Gasteiger partial charge in [-0.2, -0.15) is 13.2 Å². The zero-order chi connectivity index (χ0) is 23.0. The highest BCUT2D eigenvalue weighted by molar-refractivity contribution is 5.57. The summed E-state index contributed by atoms with van der Waals surface area (Å²) in [6, 6.07) is 4.51. The van der Waals surface area contributed by atoms with Crippen LogP contribution in [0.5, 0.6) is 11.5 Å². The molecule has 1 aromatic heterocycles. The number of halogens is 3. The number of nitrogens with one attached hydrogen (secondary N) is 1. The van der Waals surface area contributed by atoms with Gasteiger partial charge in [0, 0.05) is 29.9 Å². The van der Waals surface area contributed by atoms with Gasteiger partial charge in [0.25, 0.3) is 0 Å². The van der Waals surface area contributed by atoms with Gasteiger partial charge in [-0.3, -0.25) is 0 Å². The first-order chi connectivity index (χ1) is 15.9. The van der Waals surface area contributed by atoms with Crippen molar-refractivity contribution in [3.05, 3.63) is 94.9 Å². The van der Waals surface area contributed by atoms with Crippen LogP contribution in [0.2, 0.25) is 0 Å². The number of hydrogen-bond acceptors (Lipinski definition) is 5. The van der Waals surface area contributed by atoms with Crippen molar-refractivity contribution in [2.24, 2.45) is 5.92 Å². The predicted octanol–water partition coefficient (Wildman–Crippen LogP) is 5.53. The molecular formula is C25H22F3N3O2. The maximum atomic E-state index is 13.0. The topological polar surface area (TPSA) is 57.6 Å². The van der Waals surface area contributed by atoms with Gasteiger partial charge in [-0.05, 0) is 60.4 Å². The van der Waals surface area contributed by atoms with Crippen molar-refractivity contribution in [3.63, 3.8) is 0 Å². The van der Waals surface area contributed by atoms with E-state index in [2.05, 4.69) is 46.8 Å². The van der Waals surface area contributed by atoms with E-state index in [4.69, 9.17) is 4.84 Å². The van der Waals surface area contributed by atoms with E-state index < -0.39 is 11.7 Å². The summed E-state index contributed by atoms with van der Waals surface area (Å²) in [6.07, 6.45) is 11.5. The van der Waals surface area contributed by atoms with E-state index in [1.165, 1.54) is 5.57 Å². The van der Waals surface area contributed by atoms with Crippen molar-refractivity contribution in [2.45, 2.75) is 25.6 Å². The van der Waals surface area contributed by atoms with Crippen LogP contribution in [0.1, 0.15) is 23.1 Å². The summed E-state index contributed by atoms with van der Waals surface area (Å²) in [5, 5.41) is 14.9. The van der Waals surface area contributed by atoms with E-state index in [9.17, 15) is 18.3 Å².